The highest BCUT2D eigenvalue weighted by Crippen LogP contribution is 2.42. The summed E-state index contributed by atoms with van der Waals surface area (Å²) in [5, 5.41) is 10.1. The minimum atomic E-state index is -4.80. The molecule has 0 aromatic rings. The van der Waals surface area contributed by atoms with Crippen molar-refractivity contribution in [3.05, 3.63) is 12.2 Å². The average Bonchev–Trinajstić information content (AvgIpc) is 2.51. The van der Waals surface area contributed by atoms with Crippen molar-refractivity contribution in [1.82, 2.24) is 0 Å². The monoisotopic (exact) mass is 394 g/mol. The third-order valence-electron chi connectivity index (χ3n) is 5.40. The van der Waals surface area contributed by atoms with Crippen molar-refractivity contribution in [2.45, 2.75) is 96.8 Å². The Labute approximate surface area is 160 Å². The van der Waals surface area contributed by atoms with Crippen LogP contribution in [0.1, 0.15) is 67.2 Å². The molecule has 1 aliphatic carbocycles. The number of esters is 1. The van der Waals surface area contributed by atoms with E-state index in [0.29, 0.717) is 18.4 Å². The zero-order valence-corrected chi connectivity index (χ0v) is 17.2. The minimum absolute atomic E-state index is 0.0977. The zero-order chi connectivity index (χ0) is 21.2. The van der Waals surface area contributed by atoms with E-state index in [0.717, 1.165) is 19.8 Å². The molecule has 1 rings (SSSR count). The van der Waals surface area contributed by atoms with Crippen molar-refractivity contribution in [2.75, 3.05) is 0 Å². The molecule has 0 aromatic carbocycles. The molecule has 1 N–H and O–H groups in total. The van der Waals surface area contributed by atoms with Gasteiger partial charge in [-0.2, -0.15) is 13.2 Å². The maximum Gasteiger partial charge on any atom is 0.419 e. The van der Waals surface area contributed by atoms with Crippen molar-refractivity contribution in [2.24, 2.45) is 11.8 Å². The normalized spacial score (nSPS) is 25.0. The van der Waals surface area contributed by atoms with Gasteiger partial charge in [-0.05, 0) is 65.2 Å². The second-order valence-corrected chi connectivity index (χ2v) is 8.70. The van der Waals surface area contributed by atoms with Crippen LogP contribution in [0.15, 0.2) is 12.2 Å². The smallest absolute Gasteiger partial charge is 0.419 e. The van der Waals surface area contributed by atoms with Crippen molar-refractivity contribution < 1.29 is 32.5 Å². The number of aliphatic hydroxyl groups is 1. The van der Waals surface area contributed by atoms with E-state index >= 15 is 0 Å². The fourth-order valence-electron chi connectivity index (χ4n) is 3.62. The van der Waals surface area contributed by atoms with E-state index in [9.17, 15) is 23.1 Å². The van der Waals surface area contributed by atoms with E-state index in [-0.39, 0.29) is 12.0 Å². The maximum absolute atomic E-state index is 13.3. The van der Waals surface area contributed by atoms with Gasteiger partial charge in [0.05, 0.1) is 11.7 Å². The maximum atomic E-state index is 13.3. The first-order valence-electron chi connectivity index (χ1n) is 9.43. The van der Waals surface area contributed by atoms with Crippen LogP contribution in [0.3, 0.4) is 0 Å². The van der Waals surface area contributed by atoms with Gasteiger partial charge in [-0.25, -0.2) is 4.79 Å². The van der Waals surface area contributed by atoms with Gasteiger partial charge >= 0.3 is 12.1 Å². The summed E-state index contributed by atoms with van der Waals surface area (Å²) in [6, 6.07) is 0. The predicted molar refractivity (Wildman–Crippen MR) is 97.1 cm³/mol. The second kappa shape index (κ2) is 8.52. The van der Waals surface area contributed by atoms with Crippen LogP contribution in [-0.2, 0) is 14.3 Å². The summed E-state index contributed by atoms with van der Waals surface area (Å²) >= 11 is 0. The molecule has 4 unspecified atom stereocenters. The van der Waals surface area contributed by atoms with Gasteiger partial charge in [0.2, 0.25) is 0 Å². The number of hydrogen-bond donors (Lipinski definition) is 1. The van der Waals surface area contributed by atoms with Crippen molar-refractivity contribution in [3.63, 3.8) is 0 Å². The molecule has 0 radical (unpaired) electrons. The van der Waals surface area contributed by atoms with Crippen molar-refractivity contribution >= 4 is 5.97 Å². The molecule has 1 saturated carbocycles. The molecule has 0 bridgehead atoms. The Balaban J connectivity index is 2.93. The van der Waals surface area contributed by atoms with E-state index in [1.807, 2.05) is 0 Å². The number of halogens is 3. The number of carbonyl (C=O) groups excluding carboxylic acids is 1. The first-order chi connectivity index (χ1) is 12.1. The second-order valence-electron chi connectivity index (χ2n) is 8.70. The van der Waals surface area contributed by atoms with E-state index in [1.165, 1.54) is 0 Å². The van der Waals surface area contributed by atoms with Crippen LogP contribution in [0.5, 0.6) is 0 Å². The predicted octanol–water partition coefficient (Wildman–Crippen LogP) is 4.80. The van der Waals surface area contributed by atoms with Crippen LogP contribution in [-0.4, -0.2) is 40.7 Å². The third-order valence-corrected chi connectivity index (χ3v) is 5.40. The standard InChI is InChI=1S/C20H33F3O4/c1-12(2)16(19(7,25)20(21,22)23)27-18(5,6)14-9-8-10-15(11-14)26-17(24)13(3)4/h12,14-16,25H,3,8-11H2,1-2,4-7H3. The summed E-state index contributed by atoms with van der Waals surface area (Å²) in [5.74, 6) is -1.10. The molecule has 0 aromatic heterocycles. The summed E-state index contributed by atoms with van der Waals surface area (Å²) in [7, 11) is 0. The summed E-state index contributed by atoms with van der Waals surface area (Å²) in [5.41, 5.74) is -3.56. The quantitative estimate of drug-likeness (QED) is 0.498. The summed E-state index contributed by atoms with van der Waals surface area (Å²) in [4.78, 5) is 11.8. The first kappa shape index (κ1) is 24.0. The van der Waals surface area contributed by atoms with Crippen molar-refractivity contribution in [3.8, 4) is 0 Å². The van der Waals surface area contributed by atoms with Gasteiger partial charge in [-0.1, -0.05) is 20.4 Å². The largest absolute Gasteiger partial charge is 0.459 e. The Hall–Kier alpha value is -1.08. The Morgan fingerprint density at radius 1 is 1.19 bits per heavy atom. The van der Waals surface area contributed by atoms with E-state index in [2.05, 4.69) is 6.58 Å². The van der Waals surface area contributed by atoms with Gasteiger partial charge in [-0.3, -0.25) is 0 Å². The SMILES string of the molecule is C=C(C)C(=O)OC1CCCC(C(C)(C)OC(C(C)C)C(C)(O)C(F)(F)F)C1. The Morgan fingerprint density at radius 2 is 1.74 bits per heavy atom. The molecule has 0 amide bonds. The molecule has 7 heteroatoms. The minimum Gasteiger partial charge on any atom is -0.459 e. The van der Waals surface area contributed by atoms with Crippen LogP contribution < -0.4 is 0 Å². The highest BCUT2D eigenvalue weighted by Gasteiger charge is 2.58. The Morgan fingerprint density at radius 3 is 2.19 bits per heavy atom. The van der Waals surface area contributed by atoms with Crippen LogP contribution in [0.2, 0.25) is 0 Å². The van der Waals surface area contributed by atoms with Crippen LogP contribution in [0, 0.1) is 11.8 Å². The highest BCUT2D eigenvalue weighted by atomic mass is 19.4. The number of hydrogen-bond acceptors (Lipinski definition) is 4. The van der Waals surface area contributed by atoms with Gasteiger partial charge in [0, 0.05) is 5.57 Å². The molecule has 158 valence electrons. The number of alkyl halides is 3. The molecule has 4 nitrogen and oxygen atoms in total. The fourth-order valence-corrected chi connectivity index (χ4v) is 3.62. The van der Waals surface area contributed by atoms with Gasteiger partial charge in [-0.15, -0.1) is 0 Å². The lowest BCUT2D eigenvalue weighted by Crippen LogP contribution is -2.58. The third kappa shape index (κ3) is 5.95. The van der Waals surface area contributed by atoms with Crippen LogP contribution in [0.4, 0.5) is 13.2 Å². The molecule has 1 fully saturated rings. The number of ether oxygens (including phenoxy) is 2. The zero-order valence-electron chi connectivity index (χ0n) is 17.2. The average molecular weight is 394 g/mol. The molecule has 27 heavy (non-hydrogen) atoms. The summed E-state index contributed by atoms with van der Waals surface area (Å²) < 4.78 is 51.4. The topological polar surface area (TPSA) is 55.8 Å². The Kier molecular flexibility index (Phi) is 7.56. The number of rotatable bonds is 7. The van der Waals surface area contributed by atoms with E-state index in [4.69, 9.17) is 9.47 Å². The first-order valence-corrected chi connectivity index (χ1v) is 9.43. The highest BCUT2D eigenvalue weighted by molar-refractivity contribution is 5.87. The molecule has 0 heterocycles. The van der Waals surface area contributed by atoms with Crippen LogP contribution in [0.25, 0.3) is 0 Å². The Bertz CT molecular complexity index is 538. The lowest BCUT2D eigenvalue weighted by atomic mass is 9.76. The van der Waals surface area contributed by atoms with Gasteiger partial charge in [0.25, 0.3) is 0 Å². The van der Waals surface area contributed by atoms with E-state index in [1.54, 1.807) is 34.6 Å². The van der Waals surface area contributed by atoms with Crippen molar-refractivity contribution in [1.29, 1.82) is 0 Å². The van der Waals surface area contributed by atoms with Gasteiger partial charge in [0.15, 0.2) is 5.60 Å². The molecular formula is C20H33F3O4. The van der Waals surface area contributed by atoms with Crippen LogP contribution >= 0.6 is 0 Å². The molecule has 0 aliphatic heterocycles. The summed E-state index contributed by atoms with van der Waals surface area (Å²) in [6.45, 7) is 12.6. The molecule has 1 aliphatic rings. The van der Waals surface area contributed by atoms with E-state index < -0.39 is 35.4 Å². The van der Waals surface area contributed by atoms with Gasteiger partial charge in [0.1, 0.15) is 6.10 Å². The van der Waals surface area contributed by atoms with Gasteiger partial charge < -0.3 is 14.6 Å². The fraction of sp³-hybridized carbons (Fsp3) is 0.850. The number of carbonyl (C=O) groups is 1. The molecule has 4 atom stereocenters. The molecular weight excluding hydrogens is 361 g/mol. The molecule has 0 saturated heterocycles. The lowest BCUT2D eigenvalue weighted by molar-refractivity contribution is -0.311. The summed E-state index contributed by atoms with van der Waals surface area (Å²) in [6.07, 6.45) is -3.77. The lowest BCUT2D eigenvalue weighted by Gasteiger charge is -2.46. The molecule has 0 spiro atoms.